The minimum absolute atomic E-state index is 0.0238. The van der Waals surface area contributed by atoms with E-state index in [0.717, 1.165) is 109 Å². The molecule has 10 heteroatoms. The summed E-state index contributed by atoms with van der Waals surface area (Å²) in [5.41, 5.74) is 2.36. The molecule has 4 fully saturated rings. The fourth-order valence-corrected chi connectivity index (χ4v) is 8.30. The second-order valence-electron chi connectivity index (χ2n) is 14.7. The van der Waals surface area contributed by atoms with Crippen LogP contribution in [0.1, 0.15) is 99.8 Å². The number of aliphatic hydroxyl groups excluding tert-OH is 1. The predicted octanol–water partition coefficient (Wildman–Crippen LogP) is 5.01. The number of ether oxygens (including phenoxy) is 1. The quantitative estimate of drug-likeness (QED) is 0.105. The van der Waals surface area contributed by atoms with E-state index in [-0.39, 0.29) is 29.3 Å². The number of carbonyl (C=O) groups excluding carboxylic acids is 2. The van der Waals surface area contributed by atoms with Crippen LogP contribution in [0.2, 0.25) is 0 Å². The largest absolute Gasteiger partial charge is 0.506 e. The summed E-state index contributed by atoms with van der Waals surface area (Å²) in [5, 5.41) is 27.7. The Morgan fingerprint density at radius 2 is 1.78 bits per heavy atom. The SMILES string of the molecule is O=C(CCCc1cccc(C2(C(=O)OC3CN4CCC3CC4)CCCCC2)c1)NCCCCCNC[C@H](O)c1ccc(O)c2[nH]c(=O)ccc12. The predicted molar refractivity (Wildman–Crippen MR) is 194 cm³/mol. The van der Waals surface area contributed by atoms with Gasteiger partial charge < -0.3 is 30.6 Å². The van der Waals surface area contributed by atoms with Crippen LogP contribution in [-0.4, -0.2) is 77.3 Å². The zero-order valence-electron chi connectivity index (χ0n) is 29.3. The number of nitrogens with zero attached hydrogens (tertiary/aromatic N) is 1. The molecule has 7 rings (SSSR count). The molecular weight excluding hydrogens is 632 g/mol. The topological polar surface area (TPSA) is 144 Å². The first kappa shape index (κ1) is 36.1. The van der Waals surface area contributed by atoms with Gasteiger partial charge in [0.05, 0.1) is 17.0 Å². The van der Waals surface area contributed by atoms with Gasteiger partial charge in [-0.3, -0.25) is 19.3 Å². The van der Waals surface area contributed by atoms with E-state index in [1.807, 2.05) is 0 Å². The van der Waals surface area contributed by atoms with Gasteiger partial charge in [0.1, 0.15) is 11.9 Å². The van der Waals surface area contributed by atoms with E-state index in [1.54, 1.807) is 12.1 Å². The third-order valence-electron chi connectivity index (χ3n) is 11.3. The number of aromatic nitrogens is 1. The maximum atomic E-state index is 13.9. The van der Waals surface area contributed by atoms with Crippen molar-refractivity contribution >= 4 is 22.8 Å². The van der Waals surface area contributed by atoms with E-state index >= 15 is 0 Å². The number of hydrogen-bond donors (Lipinski definition) is 5. The lowest BCUT2D eigenvalue weighted by Crippen LogP contribution is -2.53. The lowest BCUT2D eigenvalue weighted by atomic mass is 9.69. The third kappa shape index (κ3) is 8.76. The second-order valence-corrected chi connectivity index (χ2v) is 14.7. The van der Waals surface area contributed by atoms with Crippen molar-refractivity contribution < 1.29 is 24.5 Å². The standard InChI is InChI=1S/C40H54N4O6/c45-33-15-13-31(32-14-16-37(48)43-38(32)33)34(46)26-41-21-5-2-6-22-42-36(47)12-8-10-28-9-7-11-30(25-28)40(19-3-1-4-20-40)39(49)50-35-27-44-23-17-29(35)18-24-44/h7,9,11,13-16,25,29,34-35,41,45-46H,1-6,8,10,12,17-24,26-27H2,(H,42,47)(H,43,48)/t34-,35?/m0/s1. The van der Waals surface area contributed by atoms with Gasteiger partial charge in [0.15, 0.2) is 0 Å². The molecule has 1 aliphatic carbocycles. The van der Waals surface area contributed by atoms with Gasteiger partial charge in [-0.15, -0.1) is 0 Å². The van der Waals surface area contributed by atoms with Crippen LogP contribution >= 0.6 is 0 Å². The molecule has 1 aromatic heterocycles. The highest BCUT2D eigenvalue weighted by Gasteiger charge is 2.45. The molecule has 2 atom stereocenters. The van der Waals surface area contributed by atoms with Crippen LogP contribution in [0.15, 0.2) is 53.3 Å². The molecule has 3 saturated heterocycles. The molecule has 1 saturated carbocycles. The molecule has 270 valence electrons. The number of aromatic amines is 1. The van der Waals surface area contributed by atoms with Crippen LogP contribution in [0.5, 0.6) is 5.75 Å². The number of pyridine rings is 1. The lowest BCUT2D eigenvalue weighted by molar-refractivity contribution is -0.167. The van der Waals surface area contributed by atoms with Crippen LogP contribution < -0.4 is 16.2 Å². The van der Waals surface area contributed by atoms with Gasteiger partial charge in [0.2, 0.25) is 11.5 Å². The van der Waals surface area contributed by atoms with E-state index in [2.05, 4.69) is 44.8 Å². The molecule has 2 aromatic carbocycles. The molecule has 2 bridgehead atoms. The fraction of sp³-hybridized carbons (Fsp3) is 0.575. The van der Waals surface area contributed by atoms with Crippen molar-refractivity contribution in [2.75, 3.05) is 39.3 Å². The first-order valence-corrected chi connectivity index (χ1v) is 18.9. The van der Waals surface area contributed by atoms with Crippen molar-refractivity contribution in [2.45, 2.75) is 101 Å². The summed E-state index contributed by atoms with van der Waals surface area (Å²) >= 11 is 0. The van der Waals surface area contributed by atoms with Crippen molar-refractivity contribution in [3.8, 4) is 5.75 Å². The highest BCUT2D eigenvalue weighted by atomic mass is 16.5. The first-order valence-electron chi connectivity index (χ1n) is 18.9. The minimum Gasteiger partial charge on any atom is -0.506 e. The van der Waals surface area contributed by atoms with Crippen molar-refractivity contribution in [1.82, 2.24) is 20.5 Å². The van der Waals surface area contributed by atoms with E-state index in [0.29, 0.717) is 41.9 Å². The van der Waals surface area contributed by atoms with Crippen LogP contribution in [0.3, 0.4) is 0 Å². The molecule has 10 nitrogen and oxygen atoms in total. The second kappa shape index (κ2) is 17.0. The Kier molecular flexibility index (Phi) is 12.3. The number of H-pyrrole nitrogens is 1. The number of fused-ring (bicyclic) bond motifs is 4. The number of phenols is 1. The van der Waals surface area contributed by atoms with Gasteiger partial charge in [-0.1, -0.05) is 56.0 Å². The van der Waals surface area contributed by atoms with Crippen molar-refractivity contribution in [3.05, 3.63) is 75.6 Å². The Labute approximate surface area is 295 Å². The number of carbonyl (C=O) groups is 2. The van der Waals surface area contributed by atoms with Crippen LogP contribution in [0.4, 0.5) is 0 Å². The molecule has 1 unspecified atom stereocenters. The highest BCUT2D eigenvalue weighted by molar-refractivity contribution is 5.87. The summed E-state index contributed by atoms with van der Waals surface area (Å²) in [6.45, 7) is 4.86. The number of hydrogen-bond acceptors (Lipinski definition) is 8. The minimum atomic E-state index is -0.782. The number of aromatic hydroxyl groups is 1. The number of rotatable bonds is 16. The fourth-order valence-electron chi connectivity index (χ4n) is 8.30. The number of aryl methyl sites for hydroxylation is 1. The van der Waals surface area contributed by atoms with Crippen molar-refractivity contribution in [3.63, 3.8) is 0 Å². The summed E-state index contributed by atoms with van der Waals surface area (Å²) in [4.78, 5) is 43.1. The van der Waals surface area contributed by atoms with Crippen LogP contribution in [0.25, 0.3) is 10.9 Å². The number of amides is 1. The first-order chi connectivity index (χ1) is 24.3. The Morgan fingerprint density at radius 3 is 2.56 bits per heavy atom. The molecule has 50 heavy (non-hydrogen) atoms. The maximum absolute atomic E-state index is 13.9. The van der Waals surface area contributed by atoms with Gasteiger partial charge in [0, 0.05) is 37.5 Å². The normalized spacial score (nSPS) is 21.9. The van der Waals surface area contributed by atoms with Crippen LogP contribution in [-0.2, 0) is 26.2 Å². The molecule has 5 N–H and O–H groups in total. The number of nitrogens with one attached hydrogen (secondary N) is 3. The number of phenolic OH excluding ortho intramolecular Hbond substituents is 1. The van der Waals surface area contributed by atoms with Gasteiger partial charge in [-0.25, -0.2) is 0 Å². The lowest BCUT2D eigenvalue weighted by Gasteiger charge is -2.45. The van der Waals surface area contributed by atoms with Gasteiger partial charge >= 0.3 is 5.97 Å². The van der Waals surface area contributed by atoms with Gasteiger partial charge in [-0.05, 0) is 106 Å². The summed E-state index contributed by atoms with van der Waals surface area (Å²) < 4.78 is 6.33. The zero-order valence-corrected chi connectivity index (χ0v) is 29.3. The van der Waals surface area contributed by atoms with E-state index in [4.69, 9.17) is 4.74 Å². The Hall–Kier alpha value is -3.73. The average molecular weight is 687 g/mol. The average Bonchev–Trinajstić information content (AvgIpc) is 3.14. The molecule has 4 heterocycles. The molecule has 3 aliphatic heterocycles. The van der Waals surface area contributed by atoms with E-state index < -0.39 is 11.5 Å². The summed E-state index contributed by atoms with van der Waals surface area (Å²) in [7, 11) is 0. The molecule has 0 radical (unpaired) electrons. The monoisotopic (exact) mass is 686 g/mol. The molecule has 1 amide bonds. The number of benzene rings is 2. The number of unbranched alkanes of at least 4 members (excludes halogenated alkanes) is 2. The van der Waals surface area contributed by atoms with E-state index in [9.17, 15) is 24.6 Å². The summed E-state index contributed by atoms with van der Waals surface area (Å²) in [6.07, 6.45) is 11.2. The van der Waals surface area contributed by atoms with Gasteiger partial charge in [0.25, 0.3) is 0 Å². The van der Waals surface area contributed by atoms with Crippen LogP contribution in [0, 0.1) is 5.92 Å². The Balaban J connectivity index is 0.878. The molecular formula is C40H54N4O6. The Morgan fingerprint density at radius 1 is 0.980 bits per heavy atom. The Bertz CT molecular complexity index is 1660. The zero-order chi connectivity index (χ0) is 34.9. The molecule has 3 aromatic rings. The number of piperidine rings is 3. The number of aliphatic hydroxyl groups is 1. The third-order valence-corrected chi connectivity index (χ3v) is 11.3. The highest BCUT2D eigenvalue weighted by Crippen LogP contribution is 2.42. The molecule has 4 aliphatic rings. The molecule has 0 spiro atoms. The van der Waals surface area contributed by atoms with Crippen molar-refractivity contribution in [1.29, 1.82) is 0 Å². The summed E-state index contributed by atoms with van der Waals surface area (Å²) in [5.74, 6) is 0.513. The van der Waals surface area contributed by atoms with Crippen molar-refractivity contribution in [2.24, 2.45) is 5.92 Å². The summed E-state index contributed by atoms with van der Waals surface area (Å²) in [6, 6.07) is 14.6. The van der Waals surface area contributed by atoms with E-state index in [1.165, 1.54) is 17.7 Å². The maximum Gasteiger partial charge on any atom is 0.316 e. The number of esters is 1. The smallest absolute Gasteiger partial charge is 0.316 e. The van der Waals surface area contributed by atoms with Gasteiger partial charge in [-0.2, -0.15) is 0 Å².